The van der Waals surface area contributed by atoms with Crippen LogP contribution in [0.15, 0.2) is 0 Å². The summed E-state index contributed by atoms with van der Waals surface area (Å²) in [4.78, 5) is 0. The van der Waals surface area contributed by atoms with E-state index >= 15 is 0 Å². The van der Waals surface area contributed by atoms with Crippen LogP contribution in [-0.2, 0) is 9.84 Å². The van der Waals surface area contributed by atoms with E-state index in [-0.39, 0.29) is 5.75 Å². The zero-order valence-corrected chi connectivity index (χ0v) is 9.37. The highest BCUT2D eigenvalue weighted by Crippen LogP contribution is 2.34. The van der Waals surface area contributed by atoms with E-state index in [2.05, 4.69) is 15.9 Å². The van der Waals surface area contributed by atoms with Crippen molar-refractivity contribution >= 4 is 37.4 Å². The first kappa shape index (κ1) is 11.7. The zero-order chi connectivity index (χ0) is 9.28. The molecule has 0 amide bonds. The van der Waals surface area contributed by atoms with Crippen LogP contribution in [0.25, 0.3) is 0 Å². The quantitative estimate of drug-likeness (QED) is 0.777. The van der Waals surface area contributed by atoms with Crippen molar-refractivity contribution in [2.45, 2.75) is 23.1 Å². The van der Waals surface area contributed by atoms with Crippen LogP contribution in [0.2, 0.25) is 0 Å². The number of halogens is 2. The van der Waals surface area contributed by atoms with Crippen molar-refractivity contribution in [1.29, 1.82) is 0 Å². The lowest BCUT2D eigenvalue weighted by molar-refractivity contribution is 0.202. The largest absolute Gasteiger partial charge is 0.390 e. The lowest BCUT2D eigenvalue weighted by atomic mass is 10.5. The molecule has 0 radical (unpaired) electrons. The van der Waals surface area contributed by atoms with Crippen LogP contribution in [0.1, 0.15) is 13.8 Å². The summed E-state index contributed by atoms with van der Waals surface area (Å²) in [5, 5.41) is 8.99. The summed E-state index contributed by atoms with van der Waals surface area (Å²) in [5.41, 5.74) is 0. The third-order valence-corrected chi connectivity index (χ3v) is 6.38. The third kappa shape index (κ3) is 2.31. The van der Waals surface area contributed by atoms with Crippen LogP contribution in [0.4, 0.5) is 0 Å². The van der Waals surface area contributed by atoms with Crippen molar-refractivity contribution in [2.75, 3.05) is 5.75 Å². The molecule has 0 aromatic carbocycles. The number of alkyl halides is 2. The monoisotopic (exact) mass is 264 g/mol. The van der Waals surface area contributed by atoms with Crippen molar-refractivity contribution in [3.8, 4) is 0 Å². The number of aliphatic hydroxyl groups excluding tert-OH is 1. The Bertz CT molecular complexity index is 222. The SMILES string of the molecule is CCS(=O)(=O)[C@@](Cl)(Br)[C@H](C)O. The Morgan fingerprint density at radius 1 is 1.73 bits per heavy atom. The van der Waals surface area contributed by atoms with Gasteiger partial charge in [0.1, 0.15) is 0 Å². The first-order chi connectivity index (χ1) is 4.75. The van der Waals surface area contributed by atoms with Gasteiger partial charge in [-0.15, -0.1) is 0 Å². The molecular formula is C5H10BrClO3S. The molecule has 0 aromatic heterocycles. The maximum atomic E-state index is 11.1. The van der Waals surface area contributed by atoms with Crippen LogP contribution in [0.5, 0.6) is 0 Å². The van der Waals surface area contributed by atoms with E-state index in [0.29, 0.717) is 0 Å². The Labute approximate surface area is 79.8 Å². The smallest absolute Gasteiger partial charge is 0.224 e. The van der Waals surface area contributed by atoms with Gasteiger partial charge in [-0.3, -0.25) is 0 Å². The maximum Gasteiger partial charge on any atom is 0.224 e. The maximum absolute atomic E-state index is 11.1. The molecule has 0 aromatic rings. The van der Waals surface area contributed by atoms with Gasteiger partial charge in [0.2, 0.25) is 3.12 Å². The first-order valence-electron chi connectivity index (χ1n) is 3.04. The van der Waals surface area contributed by atoms with Crippen LogP contribution in [0.3, 0.4) is 0 Å². The highest BCUT2D eigenvalue weighted by Gasteiger charge is 2.42. The molecule has 0 aliphatic heterocycles. The van der Waals surface area contributed by atoms with Gasteiger partial charge in [0.15, 0.2) is 9.84 Å². The van der Waals surface area contributed by atoms with Crippen LogP contribution >= 0.6 is 27.5 Å². The van der Waals surface area contributed by atoms with Gasteiger partial charge in [-0.25, -0.2) is 8.42 Å². The Kier molecular flexibility index (Phi) is 3.82. The molecule has 0 spiro atoms. The number of aliphatic hydroxyl groups is 1. The van der Waals surface area contributed by atoms with E-state index in [9.17, 15) is 8.42 Å². The molecule has 0 fully saturated rings. The van der Waals surface area contributed by atoms with E-state index in [0.717, 1.165) is 0 Å². The van der Waals surface area contributed by atoms with E-state index in [1.54, 1.807) is 0 Å². The molecule has 0 saturated heterocycles. The number of sulfone groups is 1. The van der Waals surface area contributed by atoms with E-state index in [1.165, 1.54) is 13.8 Å². The van der Waals surface area contributed by atoms with Gasteiger partial charge in [-0.1, -0.05) is 18.5 Å². The fourth-order valence-corrected chi connectivity index (χ4v) is 2.37. The average molecular weight is 266 g/mol. The van der Waals surface area contributed by atoms with Crippen molar-refractivity contribution in [1.82, 2.24) is 0 Å². The van der Waals surface area contributed by atoms with Crippen molar-refractivity contribution in [2.24, 2.45) is 0 Å². The molecular weight excluding hydrogens is 255 g/mol. The minimum atomic E-state index is -3.46. The Balaban J connectivity index is 4.85. The van der Waals surface area contributed by atoms with Gasteiger partial charge >= 0.3 is 0 Å². The normalized spacial score (nSPS) is 20.8. The molecule has 0 rings (SSSR count). The second kappa shape index (κ2) is 3.60. The molecule has 0 unspecified atom stereocenters. The zero-order valence-electron chi connectivity index (χ0n) is 6.21. The second-order valence-electron chi connectivity index (χ2n) is 2.14. The Morgan fingerprint density at radius 2 is 2.09 bits per heavy atom. The molecule has 68 valence electrons. The van der Waals surface area contributed by atoms with Gasteiger partial charge in [-0.05, 0) is 22.9 Å². The molecule has 0 saturated carbocycles. The minimum absolute atomic E-state index is 0.105. The van der Waals surface area contributed by atoms with Crippen molar-refractivity contribution in [3.63, 3.8) is 0 Å². The summed E-state index contributed by atoms with van der Waals surface area (Å²) in [7, 11) is -3.46. The third-order valence-electron chi connectivity index (χ3n) is 1.28. The summed E-state index contributed by atoms with van der Waals surface area (Å²) >= 11 is 8.30. The lowest BCUT2D eigenvalue weighted by Gasteiger charge is -2.22. The van der Waals surface area contributed by atoms with E-state index < -0.39 is 19.1 Å². The standard InChI is InChI=1S/C5H10BrClO3S/c1-3-11(9,10)5(6,7)4(2)8/h4,8H,3H2,1-2H3/t4-,5+/m0/s1. The molecule has 0 aliphatic rings. The lowest BCUT2D eigenvalue weighted by Crippen LogP contribution is -2.37. The molecule has 6 heteroatoms. The van der Waals surface area contributed by atoms with Crippen LogP contribution < -0.4 is 0 Å². The molecule has 3 nitrogen and oxygen atoms in total. The topological polar surface area (TPSA) is 54.4 Å². The van der Waals surface area contributed by atoms with Gasteiger partial charge in [0.25, 0.3) is 0 Å². The summed E-state index contributed by atoms with van der Waals surface area (Å²) in [6.45, 7) is 2.78. The molecule has 2 atom stereocenters. The minimum Gasteiger partial charge on any atom is -0.390 e. The molecule has 0 bridgehead atoms. The number of rotatable bonds is 3. The summed E-state index contributed by atoms with van der Waals surface area (Å²) in [6, 6.07) is 0. The van der Waals surface area contributed by atoms with Crippen LogP contribution in [-0.4, -0.2) is 28.5 Å². The van der Waals surface area contributed by atoms with E-state index in [4.69, 9.17) is 16.7 Å². The van der Waals surface area contributed by atoms with Crippen molar-refractivity contribution < 1.29 is 13.5 Å². The van der Waals surface area contributed by atoms with Gasteiger partial charge in [0.05, 0.1) is 11.9 Å². The average Bonchev–Trinajstić information content (AvgIpc) is 1.87. The summed E-state index contributed by atoms with van der Waals surface area (Å²) < 4.78 is 20.5. The number of hydrogen-bond acceptors (Lipinski definition) is 3. The Hall–Kier alpha value is 0.680. The molecule has 11 heavy (non-hydrogen) atoms. The van der Waals surface area contributed by atoms with Gasteiger partial charge < -0.3 is 5.11 Å². The summed E-state index contributed by atoms with van der Waals surface area (Å²) in [6.07, 6.45) is -1.14. The Morgan fingerprint density at radius 3 is 2.18 bits per heavy atom. The molecule has 1 N–H and O–H groups in total. The van der Waals surface area contributed by atoms with E-state index in [1.807, 2.05) is 0 Å². The predicted octanol–water partition coefficient (Wildman–Crippen LogP) is 1.09. The van der Waals surface area contributed by atoms with Gasteiger partial charge in [-0.2, -0.15) is 0 Å². The number of hydrogen-bond donors (Lipinski definition) is 1. The fourth-order valence-electron chi connectivity index (χ4n) is 0.452. The van der Waals surface area contributed by atoms with Gasteiger partial charge in [0, 0.05) is 0 Å². The first-order valence-corrected chi connectivity index (χ1v) is 5.86. The van der Waals surface area contributed by atoms with Crippen LogP contribution in [0, 0.1) is 0 Å². The highest BCUT2D eigenvalue weighted by molar-refractivity contribution is 9.12. The summed E-state index contributed by atoms with van der Waals surface area (Å²) in [5.74, 6) is -0.105. The highest BCUT2D eigenvalue weighted by atomic mass is 79.9. The fraction of sp³-hybridized carbons (Fsp3) is 1.00. The molecule has 0 aliphatic carbocycles. The van der Waals surface area contributed by atoms with Crippen molar-refractivity contribution in [3.05, 3.63) is 0 Å². The molecule has 0 heterocycles. The predicted molar refractivity (Wildman–Crippen MR) is 48.7 cm³/mol. The second-order valence-corrected chi connectivity index (χ2v) is 7.64.